The van der Waals surface area contributed by atoms with Crippen molar-refractivity contribution in [3.05, 3.63) is 42.4 Å². The molecule has 0 saturated heterocycles. The summed E-state index contributed by atoms with van der Waals surface area (Å²) in [5.74, 6) is 0.629. The highest BCUT2D eigenvalue weighted by Crippen LogP contribution is 2.30. The van der Waals surface area contributed by atoms with Gasteiger partial charge in [-0.3, -0.25) is 4.79 Å². The summed E-state index contributed by atoms with van der Waals surface area (Å²) >= 11 is 10.9. The molecule has 1 aliphatic carbocycles. The Labute approximate surface area is 140 Å². The van der Waals surface area contributed by atoms with Crippen LogP contribution in [0.25, 0.3) is 0 Å². The maximum atomic E-state index is 12.2. The number of nitrogens with one attached hydrogen (secondary N) is 1. The molecule has 0 radical (unpaired) electrons. The number of halogens is 2. The van der Waals surface area contributed by atoms with Gasteiger partial charge in [0.1, 0.15) is 4.47 Å². The summed E-state index contributed by atoms with van der Waals surface area (Å²) in [4.78, 5) is 13.4. The summed E-state index contributed by atoms with van der Waals surface area (Å²) in [5, 5.41) is 7.49. The van der Waals surface area contributed by atoms with Crippen LogP contribution in [-0.4, -0.2) is 16.3 Å². The van der Waals surface area contributed by atoms with Crippen LogP contribution in [0.15, 0.2) is 27.6 Å². The molecule has 0 spiro atoms. The van der Waals surface area contributed by atoms with Crippen molar-refractivity contribution in [2.75, 3.05) is 11.9 Å². The zero-order valence-corrected chi connectivity index (χ0v) is 14.5. The molecule has 2 heterocycles. The first-order valence-corrected chi connectivity index (χ1v) is 8.86. The molecule has 0 bridgehead atoms. The molecule has 0 atom stereocenters. The Kier molecular flexibility index (Phi) is 4.66. The van der Waals surface area contributed by atoms with Gasteiger partial charge in [0.05, 0.1) is 16.2 Å². The highest BCUT2D eigenvalue weighted by Gasteiger charge is 2.23. The maximum absolute atomic E-state index is 12.2. The molecular formula is C14H15BrClN3OS. The molecular weight excluding hydrogens is 374 g/mol. The Morgan fingerprint density at radius 2 is 2.29 bits per heavy atom. The lowest BCUT2D eigenvalue weighted by Gasteiger charge is -2.09. The van der Waals surface area contributed by atoms with Crippen LogP contribution in [0.1, 0.15) is 17.7 Å². The first kappa shape index (κ1) is 15.1. The van der Waals surface area contributed by atoms with Gasteiger partial charge in [0.2, 0.25) is 0 Å². The molecule has 112 valence electrons. The van der Waals surface area contributed by atoms with E-state index >= 15 is 0 Å². The van der Waals surface area contributed by atoms with Crippen LogP contribution >= 0.6 is 38.9 Å². The lowest BCUT2D eigenvalue weighted by atomic mass is 10.3. The largest absolute Gasteiger partial charge is 0.382 e. The molecule has 0 amide bonds. The van der Waals surface area contributed by atoms with Gasteiger partial charge >= 0.3 is 0 Å². The summed E-state index contributed by atoms with van der Waals surface area (Å²) in [6, 6.07) is 3.92. The molecule has 1 aliphatic rings. The normalized spacial score (nSPS) is 14.4. The van der Waals surface area contributed by atoms with Crippen molar-refractivity contribution >= 4 is 44.6 Å². The Balaban J connectivity index is 1.62. The Morgan fingerprint density at radius 3 is 2.95 bits per heavy atom. The van der Waals surface area contributed by atoms with Gasteiger partial charge in [0.25, 0.3) is 5.56 Å². The van der Waals surface area contributed by atoms with Crippen LogP contribution < -0.4 is 10.9 Å². The molecule has 2 aromatic rings. The van der Waals surface area contributed by atoms with E-state index in [4.69, 9.17) is 11.6 Å². The number of anilines is 1. The third-order valence-corrected chi connectivity index (χ3v) is 5.49. The Hall–Kier alpha value is -0.850. The number of hydrogen-bond acceptors (Lipinski definition) is 4. The summed E-state index contributed by atoms with van der Waals surface area (Å²) in [7, 11) is 0. The van der Waals surface area contributed by atoms with E-state index in [1.54, 1.807) is 22.2 Å². The van der Waals surface area contributed by atoms with Crippen LogP contribution in [0.4, 0.5) is 5.69 Å². The standard InChI is InChI=1S/C14H15BrClN3OS/c15-13-11(17-6-5-10-3-4-12(16)21-10)7-18-19(14(13)20)8-9-1-2-9/h3-4,7,9,17H,1-2,5-6,8H2. The van der Waals surface area contributed by atoms with E-state index in [1.807, 2.05) is 12.1 Å². The van der Waals surface area contributed by atoms with Gasteiger partial charge in [-0.1, -0.05) is 11.6 Å². The lowest BCUT2D eigenvalue weighted by molar-refractivity contribution is 0.532. The Bertz CT molecular complexity index is 696. The molecule has 0 aromatic carbocycles. The number of aromatic nitrogens is 2. The predicted molar refractivity (Wildman–Crippen MR) is 90.4 cm³/mol. The minimum atomic E-state index is -0.0638. The molecule has 7 heteroatoms. The van der Waals surface area contributed by atoms with Gasteiger partial charge in [-0.15, -0.1) is 11.3 Å². The molecule has 1 fully saturated rings. The van der Waals surface area contributed by atoms with Crippen LogP contribution in [-0.2, 0) is 13.0 Å². The minimum absolute atomic E-state index is 0.0638. The van der Waals surface area contributed by atoms with E-state index in [9.17, 15) is 4.79 Å². The second-order valence-electron chi connectivity index (χ2n) is 5.19. The number of hydrogen-bond donors (Lipinski definition) is 1. The molecule has 4 nitrogen and oxygen atoms in total. The third-order valence-electron chi connectivity index (χ3n) is 3.43. The minimum Gasteiger partial charge on any atom is -0.382 e. The van der Waals surface area contributed by atoms with Gasteiger partial charge in [-0.05, 0) is 53.2 Å². The fraction of sp³-hybridized carbons (Fsp3) is 0.429. The summed E-state index contributed by atoms with van der Waals surface area (Å²) in [5.41, 5.74) is 0.681. The smallest absolute Gasteiger partial charge is 0.283 e. The average molecular weight is 389 g/mol. The summed E-state index contributed by atoms with van der Waals surface area (Å²) in [6.45, 7) is 1.47. The zero-order chi connectivity index (χ0) is 14.8. The van der Waals surface area contributed by atoms with Crippen LogP contribution in [0.3, 0.4) is 0 Å². The van der Waals surface area contributed by atoms with Gasteiger partial charge in [-0.25, -0.2) is 4.68 Å². The van der Waals surface area contributed by atoms with Crippen molar-refractivity contribution in [2.24, 2.45) is 5.92 Å². The van der Waals surface area contributed by atoms with Crippen molar-refractivity contribution in [2.45, 2.75) is 25.8 Å². The van der Waals surface area contributed by atoms with Crippen LogP contribution in [0.5, 0.6) is 0 Å². The monoisotopic (exact) mass is 387 g/mol. The quantitative estimate of drug-likeness (QED) is 0.819. The van der Waals surface area contributed by atoms with Gasteiger partial charge in [0.15, 0.2) is 0 Å². The topological polar surface area (TPSA) is 46.9 Å². The first-order chi connectivity index (χ1) is 10.1. The molecule has 21 heavy (non-hydrogen) atoms. The van der Waals surface area contributed by atoms with E-state index < -0.39 is 0 Å². The molecule has 0 aliphatic heterocycles. The summed E-state index contributed by atoms with van der Waals surface area (Å²) < 4.78 is 2.91. The molecule has 1 N–H and O–H groups in total. The lowest BCUT2D eigenvalue weighted by Crippen LogP contribution is -2.25. The third kappa shape index (κ3) is 3.87. The van der Waals surface area contributed by atoms with Crippen molar-refractivity contribution in [1.29, 1.82) is 0 Å². The zero-order valence-electron chi connectivity index (χ0n) is 11.3. The van der Waals surface area contributed by atoms with Crippen LogP contribution in [0, 0.1) is 5.92 Å². The average Bonchev–Trinajstić information content (AvgIpc) is 3.19. The molecule has 2 aromatic heterocycles. The van der Waals surface area contributed by atoms with E-state index in [-0.39, 0.29) is 5.56 Å². The van der Waals surface area contributed by atoms with Gasteiger partial charge in [-0.2, -0.15) is 5.10 Å². The van der Waals surface area contributed by atoms with Crippen LogP contribution in [0.2, 0.25) is 4.34 Å². The second kappa shape index (κ2) is 6.50. The van der Waals surface area contributed by atoms with Crippen molar-refractivity contribution in [3.63, 3.8) is 0 Å². The van der Waals surface area contributed by atoms with E-state index in [1.165, 1.54) is 17.7 Å². The SMILES string of the molecule is O=c1c(Br)c(NCCc2ccc(Cl)s2)cnn1CC1CC1. The highest BCUT2D eigenvalue weighted by atomic mass is 79.9. The number of thiophene rings is 1. The number of nitrogens with zero attached hydrogens (tertiary/aromatic N) is 2. The van der Waals surface area contributed by atoms with Crippen molar-refractivity contribution < 1.29 is 0 Å². The highest BCUT2D eigenvalue weighted by molar-refractivity contribution is 9.10. The second-order valence-corrected chi connectivity index (χ2v) is 7.78. The molecule has 1 saturated carbocycles. The fourth-order valence-corrected chi connectivity index (χ4v) is 3.60. The fourth-order valence-electron chi connectivity index (χ4n) is 2.07. The summed E-state index contributed by atoms with van der Waals surface area (Å²) in [6.07, 6.45) is 4.99. The number of rotatable bonds is 6. The maximum Gasteiger partial charge on any atom is 0.283 e. The van der Waals surface area contributed by atoms with Gasteiger partial charge < -0.3 is 5.32 Å². The van der Waals surface area contributed by atoms with E-state index in [2.05, 4.69) is 26.3 Å². The molecule has 3 rings (SSSR count). The van der Waals surface area contributed by atoms with Crippen molar-refractivity contribution in [1.82, 2.24) is 9.78 Å². The van der Waals surface area contributed by atoms with Gasteiger partial charge in [0, 0.05) is 18.0 Å². The van der Waals surface area contributed by atoms with Crippen molar-refractivity contribution in [3.8, 4) is 0 Å². The Morgan fingerprint density at radius 1 is 1.48 bits per heavy atom. The predicted octanol–water partition coefficient (Wildman–Crippen LogP) is 3.79. The van der Waals surface area contributed by atoms with E-state index in [0.29, 0.717) is 10.4 Å². The first-order valence-electron chi connectivity index (χ1n) is 6.87. The molecule has 0 unspecified atom stereocenters. The van der Waals surface area contributed by atoms with E-state index in [0.717, 1.165) is 29.5 Å².